The van der Waals surface area contributed by atoms with Gasteiger partial charge in [0.2, 0.25) is 11.8 Å². The van der Waals surface area contributed by atoms with Crippen molar-refractivity contribution in [2.45, 2.75) is 71.6 Å². The second-order valence-electron chi connectivity index (χ2n) is 8.74. The molecule has 25 heavy (non-hydrogen) atoms. The summed E-state index contributed by atoms with van der Waals surface area (Å²) in [6.45, 7) is 7.58. The Kier molecular flexibility index (Phi) is 6.40. The zero-order valence-electron chi connectivity index (χ0n) is 16.2. The molecule has 142 valence electrons. The second-order valence-corrected chi connectivity index (χ2v) is 8.74. The minimum absolute atomic E-state index is 0.217. The lowest BCUT2D eigenvalue weighted by molar-refractivity contribution is -0.140. The summed E-state index contributed by atoms with van der Waals surface area (Å²) in [5.74, 6) is 2.18. The fourth-order valence-corrected chi connectivity index (χ4v) is 5.19. The van der Waals surface area contributed by atoms with Gasteiger partial charge in [0.05, 0.1) is 0 Å². The first-order valence-electron chi connectivity index (χ1n) is 10.7. The van der Waals surface area contributed by atoms with Crippen molar-refractivity contribution in [2.75, 3.05) is 26.2 Å². The van der Waals surface area contributed by atoms with Gasteiger partial charge in [-0.15, -0.1) is 0 Å². The maximum Gasteiger partial charge on any atom is 0.226 e. The fourth-order valence-electron chi connectivity index (χ4n) is 5.19. The van der Waals surface area contributed by atoms with Crippen LogP contribution in [0.1, 0.15) is 71.6 Å². The second kappa shape index (κ2) is 8.55. The molecule has 3 rings (SSSR count). The number of carbonyl (C=O) groups is 2. The smallest absolute Gasteiger partial charge is 0.226 e. The molecule has 1 saturated heterocycles. The van der Waals surface area contributed by atoms with Gasteiger partial charge in [-0.3, -0.25) is 9.59 Å². The van der Waals surface area contributed by atoms with E-state index in [1.54, 1.807) is 0 Å². The maximum atomic E-state index is 13.0. The SMILES string of the molecule is CC1CCCCC1C(=O)N1CCCN(C(=O)C2CCCCC2C)CC1. The normalized spacial score (nSPS) is 34.5. The van der Waals surface area contributed by atoms with Gasteiger partial charge in [0, 0.05) is 38.0 Å². The fraction of sp³-hybridized carbons (Fsp3) is 0.905. The Morgan fingerprint density at radius 1 is 0.600 bits per heavy atom. The van der Waals surface area contributed by atoms with E-state index in [1.807, 2.05) is 0 Å². The lowest BCUT2D eigenvalue weighted by Crippen LogP contribution is -2.44. The van der Waals surface area contributed by atoms with Crippen molar-refractivity contribution in [3.8, 4) is 0 Å². The standard InChI is InChI=1S/C21H36N2O2/c1-16-8-3-5-10-18(16)20(24)22-12-7-13-23(15-14-22)21(25)19-11-6-4-9-17(19)2/h16-19H,3-15H2,1-2H3. The summed E-state index contributed by atoms with van der Waals surface area (Å²) in [5.41, 5.74) is 0. The summed E-state index contributed by atoms with van der Waals surface area (Å²) in [4.78, 5) is 30.1. The maximum absolute atomic E-state index is 13.0. The first kappa shape index (κ1) is 18.7. The molecule has 0 spiro atoms. The van der Waals surface area contributed by atoms with Crippen LogP contribution in [0.15, 0.2) is 0 Å². The molecular formula is C21H36N2O2. The van der Waals surface area contributed by atoms with Gasteiger partial charge in [-0.2, -0.15) is 0 Å². The third kappa shape index (κ3) is 4.38. The first-order chi connectivity index (χ1) is 12.1. The number of carbonyl (C=O) groups excluding carboxylic acids is 2. The molecule has 0 aromatic heterocycles. The molecule has 1 heterocycles. The Balaban J connectivity index is 1.56. The third-order valence-corrected chi connectivity index (χ3v) is 6.98. The van der Waals surface area contributed by atoms with Gasteiger partial charge in [-0.25, -0.2) is 0 Å². The molecule has 4 unspecified atom stereocenters. The Hall–Kier alpha value is -1.06. The summed E-state index contributed by atoms with van der Waals surface area (Å²) in [6.07, 6.45) is 10.3. The highest BCUT2D eigenvalue weighted by Gasteiger charge is 2.34. The molecule has 3 fully saturated rings. The number of rotatable bonds is 2. The molecule has 2 aliphatic carbocycles. The monoisotopic (exact) mass is 348 g/mol. The summed E-state index contributed by atoms with van der Waals surface area (Å²) >= 11 is 0. The van der Waals surface area contributed by atoms with E-state index in [9.17, 15) is 9.59 Å². The van der Waals surface area contributed by atoms with Gasteiger partial charge < -0.3 is 9.80 Å². The van der Waals surface area contributed by atoms with E-state index >= 15 is 0 Å². The van der Waals surface area contributed by atoms with Crippen LogP contribution in [-0.2, 0) is 9.59 Å². The molecule has 4 nitrogen and oxygen atoms in total. The molecule has 2 amide bonds. The van der Waals surface area contributed by atoms with Crippen LogP contribution in [0.3, 0.4) is 0 Å². The number of amides is 2. The zero-order valence-corrected chi connectivity index (χ0v) is 16.2. The van der Waals surface area contributed by atoms with Crippen LogP contribution in [-0.4, -0.2) is 47.8 Å². The summed E-state index contributed by atoms with van der Waals surface area (Å²) in [5, 5.41) is 0. The Morgan fingerprint density at radius 2 is 1.00 bits per heavy atom. The van der Waals surface area contributed by atoms with Crippen LogP contribution in [0, 0.1) is 23.7 Å². The zero-order chi connectivity index (χ0) is 17.8. The lowest BCUT2D eigenvalue weighted by atomic mass is 9.79. The van der Waals surface area contributed by atoms with Crippen molar-refractivity contribution in [3.63, 3.8) is 0 Å². The van der Waals surface area contributed by atoms with Crippen molar-refractivity contribution in [2.24, 2.45) is 23.7 Å². The van der Waals surface area contributed by atoms with Gasteiger partial charge in [-0.1, -0.05) is 39.5 Å². The number of hydrogen-bond donors (Lipinski definition) is 0. The van der Waals surface area contributed by atoms with E-state index in [4.69, 9.17) is 0 Å². The van der Waals surface area contributed by atoms with Crippen molar-refractivity contribution in [3.05, 3.63) is 0 Å². The number of nitrogens with zero attached hydrogens (tertiary/aromatic N) is 2. The molecule has 0 bridgehead atoms. The van der Waals surface area contributed by atoms with Crippen LogP contribution in [0.5, 0.6) is 0 Å². The van der Waals surface area contributed by atoms with Crippen molar-refractivity contribution < 1.29 is 9.59 Å². The lowest BCUT2D eigenvalue weighted by Gasteiger charge is -2.33. The summed E-state index contributed by atoms with van der Waals surface area (Å²) in [7, 11) is 0. The predicted molar refractivity (Wildman–Crippen MR) is 100 cm³/mol. The highest BCUT2D eigenvalue weighted by molar-refractivity contribution is 5.80. The molecule has 1 aliphatic heterocycles. The molecule has 4 atom stereocenters. The van der Waals surface area contributed by atoms with Gasteiger partial charge in [-0.05, 0) is 43.9 Å². The molecular weight excluding hydrogens is 312 g/mol. The third-order valence-electron chi connectivity index (χ3n) is 6.98. The minimum atomic E-state index is 0.217. The largest absolute Gasteiger partial charge is 0.341 e. The van der Waals surface area contributed by atoms with Gasteiger partial charge in [0.25, 0.3) is 0 Å². The van der Waals surface area contributed by atoms with Crippen molar-refractivity contribution in [1.29, 1.82) is 0 Å². The molecule has 2 saturated carbocycles. The van der Waals surface area contributed by atoms with Gasteiger partial charge in [0.15, 0.2) is 0 Å². The van der Waals surface area contributed by atoms with Crippen LogP contribution >= 0.6 is 0 Å². The molecule has 0 aromatic carbocycles. The van der Waals surface area contributed by atoms with Crippen LogP contribution in [0.2, 0.25) is 0 Å². The molecule has 0 N–H and O–H groups in total. The van der Waals surface area contributed by atoms with Crippen LogP contribution < -0.4 is 0 Å². The summed E-state index contributed by atoms with van der Waals surface area (Å²) < 4.78 is 0. The molecule has 3 aliphatic rings. The number of hydrogen-bond acceptors (Lipinski definition) is 2. The van der Waals surface area contributed by atoms with E-state index in [0.29, 0.717) is 23.7 Å². The Morgan fingerprint density at radius 3 is 1.40 bits per heavy atom. The van der Waals surface area contributed by atoms with E-state index in [-0.39, 0.29) is 11.8 Å². The molecule has 4 heteroatoms. The van der Waals surface area contributed by atoms with E-state index in [0.717, 1.165) is 45.4 Å². The van der Waals surface area contributed by atoms with E-state index in [1.165, 1.54) is 38.5 Å². The van der Waals surface area contributed by atoms with Crippen molar-refractivity contribution >= 4 is 11.8 Å². The average molecular weight is 349 g/mol. The average Bonchev–Trinajstić information content (AvgIpc) is 2.87. The van der Waals surface area contributed by atoms with Gasteiger partial charge >= 0.3 is 0 Å². The predicted octanol–water partition coefficient (Wildman–Crippen LogP) is 3.70. The topological polar surface area (TPSA) is 40.6 Å². The van der Waals surface area contributed by atoms with Crippen molar-refractivity contribution in [1.82, 2.24) is 9.80 Å². The molecule has 0 aromatic rings. The van der Waals surface area contributed by atoms with Crippen LogP contribution in [0.25, 0.3) is 0 Å². The van der Waals surface area contributed by atoms with E-state index < -0.39 is 0 Å². The Bertz CT molecular complexity index is 437. The highest BCUT2D eigenvalue weighted by Crippen LogP contribution is 2.33. The molecule has 0 radical (unpaired) electrons. The minimum Gasteiger partial charge on any atom is -0.341 e. The quantitative estimate of drug-likeness (QED) is 0.763. The Labute approximate surface area is 153 Å². The van der Waals surface area contributed by atoms with Crippen LogP contribution in [0.4, 0.5) is 0 Å². The van der Waals surface area contributed by atoms with E-state index in [2.05, 4.69) is 23.6 Å². The first-order valence-corrected chi connectivity index (χ1v) is 10.7. The van der Waals surface area contributed by atoms with Gasteiger partial charge in [0.1, 0.15) is 0 Å². The summed E-state index contributed by atoms with van der Waals surface area (Å²) in [6, 6.07) is 0. The highest BCUT2D eigenvalue weighted by atomic mass is 16.2.